The van der Waals surface area contributed by atoms with Crippen molar-refractivity contribution in [3.63, 3.8) is 0 Å². The van der Waals surface area contributed by atoms with E-state index in [-0.39, 0.29) is 6.09 Å². The third-order valence-corrected chi connectivity index (χ3v) is 3.51. The zero-order valence-electron chi connectivity index (χ0n) is 10.4. The second-order valence-electron chi connectivity index (χ2n) is 4.57. The Bertz CT molecular complexity index is 582. The van der Waals surface area contributed by atoms with Crippen LogP contribution in [0.2, 0.25) is 0 Å². The first-order valence-corrected chi connectivity index (χ1v) is 6.24. The predicted molar refractivity (Wildman–Crippen MR) is 71.2 cm³/mol. The summed E-state index contributed by atoms with van der Waals surface area (Å²) in [6.07, 6.45) is 3.99. The summed E-state index contributed by atoms with van der Waals surface area (Å²) in [4.78, 5) is 14.1. The SMILES string of the molecule is COC(=O)n1cc(N2CCCC2)c2ccccc21. The molecule has 4 heteroatoms. The lowest BCUT2D eigenvalue weighted by Crippen LogP contribution is -2.17. The van der Waals surface area contributed by atoms with Gasteiger partial charge in [-0.15, -0.1) is 0 Å². The molecule has 0 bridgehead atoms. The molecule has 1 aliphatic heterocycles. The number of anilines is 1. The number of aromatic nitrogens is 1. The third kappa shape index (κ3) is 1.65. The first-order valence-electron chi connectivity index (χ1n) is 6.24. The fourth-order valence-corrected chi connectivity index (χ4v) is 2.62. The molecule has 0 radical (unpaired) electrons. The number of benzene rings is 1. The van der Waals surface area contributed by atoms with Gasteiger partial charge in [0.15, 0.2) is 0 Å². The molecule has 1 aliphatic rings. The van der Waals surface area contributed by atoms with Crippen molar-refractivity contribution in [3.05, 3.63) is 30.5 Å². The molecule has 94 valence electrons. The van der Waals surface area contributed by atoms with Crippen molar-refractivity contribution in [2.24, 2.45) is 0 Å². The molecule has 0 amide bonds. The minimum absolute atomic E-state index is 0.336. The normalized spacial score (nSPS) is 15.3. The van der Waals surface area contributed by atoms with Crippen LogP contribution in [0.15, 0.2) is 30.5 Å². The number of ether oxygens (including phenoxy) is 1. The zero-order valence-corrected chi connectivity index (χ0v) is 10.4. The summed E-state index contributed by atoms with van der Waals surface area (Å²) in [6, 6.07) is 7.95. The summed E-state index contributed by atoms with van der Waals surface area (Å²) in [6.45, 7) is 2.13. The van der Waals surface area contributed by atoms with Crippen molar-refractivity contribution in [2.75, 3.05) is 25.1 Å². The van der Waals surface area contributed by atoms with Gasteiger partial charge in [-0.05, 0) is 18.9 Å². The van der Waals surface area contributed by atoms with E-state index in [2.05, 4.69) is 11.0 Å². The smallest absolute Gasteiger partial charge is 0.418 e. The van der Waals surface area contributed by atoms with E-state index >= 15 is 0 Å². The van der Waals surface area contributed by atoms with Crippen molar-refractivity contribution in [1.29, 1.82) is 0 Å². The van der Waals surface area contributed by atoms with Crippen LogP contribution in [0.5, 0.6) is 0 Å². The molecule has 0 spiro atoms. The quantitative estimate of drug-likeness (QED) is 0.773. The molecule has 0 N–H and O–H groups in total. The Labute approximate surface area is 106 Å². The first-order chi connectivity index (χ1) is 8.81. The molecule has 1 saturated heterocycles. The lowest BCUT2D eigenvalue weighted by molar-refractivity contribution is 0.174. The third-order valence-electron chi connectivity index (χ3n) is 3.51. The van der Waals surface area contributed by atoms with Crippen LogP contribution in [0.4, 0.5) is 10.5 Å². The van der Waals surface area contributed by atoms with Gasteiger partial charge in [0, 0.05) is 24.7 Å². The van der Waals surface area contributed by atoms with Crippen LogP contribution >= 0.6 is 0 Å². The predicted octanol–water partition coefficient (Wildman–Crippen LogP) is 2.86. The topological polar surface area (TPSA) is 34.5 Å². The van der Waals surface area contributed by atoms with E-state index in [1.54, 1.807) is 4.57 Å². The summed E-state index contributed by atoms with van der Waals surface area (Å²) >= 11 is 0. The molecule has 1 aromatic carbocycles. The molecular weight excluding hydrogens is 228 g/mol. The minimum Gasteiger partial charge on any atom is -0.452 e. The van der Waals surface area contributed by atoms with Crippen LogP contribution < -0.4 is 4.90 Å². The second kappa shape index (κ2) is 4.37. The maximum atomic E-state index is 11.8. The molecule has 3 rings (SSSR count). The van der Waals surface area contributed by atoms with E-state index in [4.69, 9.17) is 4.74 Å². The zero-order chi connectivity index (χ0) is 12.5. The van der Waals surface area contributed by atoms with Crippen LogP contribution in [0, 0.1) is 0 Å². The summed E-state index contributed by atoms with van der Waals surface area (Å²) in [5.74, 6) is 0. The monoisotopic (exact) mass is 244 g/mol. The van der Waals surface area contributed by atoms with Gasteiger partial charge in [-0.2, -0.15) is 0 Å². The molecule has 2 heterocycles. The largest absolute Gasteiger partial charge is 0.452 e. The molecule has 0 atom stereocenters. The van der Waals surface area contributed by atoms with E-state index in [0.29, 0.717) is 0 Å². The molecule has 2 aromatic rings. The van der Waals surface area contributed by atoms with Crippen molar-refractivity contribution >= 4 is 22.7 Å². The van der Waals surface area contributed by atoms with Gasteiger partial charge in [0.05, 0.1) is 18.3 Å². The standard InChI is InChI=1S/C14H16N2O2/c1-18-14(17)16-10-13(15-8-4-5-9-15)11-6-2-3-7-12(11)16/h2-3,6-7,10H,4-5,8-9H2,1H3. The molecule has 0 unspecified atom stereocenters. The van der Waals surface area contributed by atoms with Crippen LogP contribution in [0.3, 0.4) is 0 Å². The highest BCUT2D eigenvalue weighted by Crippen LogP contribution is 2.31. The summed E-state index contributed by atoms with van der Waals surface area (Å²) in [5, 5.41) is 1.12. The number of carbonyl (C=O) groups is 1. The van der Waals surface area contributed by atoms with Gasteiger partial charge >= 0.3 is 6.09 Å². The Morgan fingerprint density at radius 2 is 1.94 bits per heavy atom. The van der Waals surface area contributed by atoms with E-state index in [0.717, 1.165) is 29.7 Å². The van der Waals surface area contributed by atoms with Gasteiger partial charge in [0.25, 0.3) is 0 Å². The Morgan fingerprint density at radius 1 is 1.22 bits per heavy atom. The Morgan fingerprint density at radius 3 is 2.67 bits per heavy atom. The molecule has 4 nitrogen and oxygen atoms in total. The van der Waals surface area contributed by atoms with Crippen molar-refractivity contribution < 1.29 is 9.53 Å². The Kier molecular flexibility index (Phi) is 2.70. The molecule has 0 aliphatic carbocycles. The minimum atomic E-state index is -0.336. The number of para-hydroxylation sites is 1. The molecular formula is C14H16N2O2. The molecule has 1 aromatic heterocycles. The van der Waals surface area contributed by atoms with E-state index < -0.39 is 0 Å². The first kappa shape index (κ1) is 11.1. The molecule has 0 saturated carbocycles. The highest BCUT2D eigenvalue weighted by Gasteiger charge is 2.19. The highest BCUT2D eigenvalue weighted by molar-refractivity contribution is 5.98. The average Bonchev–Trinajstić information content (AvgIpc) is 3.04. The van der Waals surface area contributed by atoms with Crippen LogP contribution in [-0.4, -0.2) is 30.9 Å². The number of hydrogen-bond donors (Lipinski definition) is 0. The maximum Gasteiger partial charge on any atom is 0.418 e. The van der Waals surface area contributed by atoms with Gasteiger partial charge in [0.2, 0.25) is 0 Å². The summed E-state index contributed by atoms with van der Waals surface area (Å²) < 4.78 is 6.41. The lowest BCUT2D eigenvalue weighted by Gasteiger charge is -2.15. The lowest BCUT2D eigenvalue weighted by atomic mass is 10.2. The average molecular weight is 244 g/mol. The Balaban J connectivity index is 2.16. The number of carbonyl (C=O) groups excluding carboxylic acids is 1. The van der Waals surface area contributed by atoms with Gasteiger partial charge in [-0.3, -0.25) is 4.57 Å². The van der Waals surface area contributed by atoms with Crippen molar-refractivity contribution in [3.8, 4) is 0 Å². The van der Waals surface area contributed by atoms with Crippen molar-refractivity contribution in [2.45, 2.75) is 12.8 Å². The number of rotatable bonds is 1. The van der Waals surface area contributed by atoms with Gasteiger partial charge < -0.3 is 9.64 Å². The summed E-state index contributed by atoms with van der Waals surface area (Å²) in [7, 11) is 1.41. The number of hydrogen-bond acceptors (Lipinski definition) is 3. The Hall–Kier alpha value is -1.97. The van der Waals surface area contributed by atoms with E-state index in [1.807, 2.05) is 24.4 Å². The number of methoxy groups -OCH3 is 1. The van der Waals surface area contributed by atoms with E-state index in [1.165, 1.54) is 20.0 Å². The summed E-state index contributed by atoms with van der Waals surface area (Å²) in [5.41, 5.74) is 2.04. The van der Waals surface area contributed by atoms with Gasteiger partial charge in [-0.25, -0.2) is 4.79 Å². The molecule has 1 fully saturated rings. The highest BCUT2D eigenvalue weighted by atomic mass is 16.5. The second-order valence-corrected chi connectivity index (χ2v) is 4.57. The fraction of sp³-hybridized carbons (Fsp3) is 0.357. The molecule has 18 heavy (non-hydrogen) atoms. The number of nitrogens with zero attached hydrogens (tertiary/aromatic N) is 2. The maximum absolute atomic E-state index is 11.8. The van der Waals surface area contributed by atoms with Crippen LogP contribution in [-0.2, 0) is 4.74 Å². The van der Waals surface area contributed by atoms with Crippen LogP contribution in [0.25, 0.3) is 10.9 Å². The van der Waals surface area contributed by atoms with Crippen molar-refractivity contribution in [1.82, 2.24) is 4.57 Å². The van der Waals surface area contributed by atoms with Gasteiger partial charge in [0.1, 0.15) is 0 Å². The fourth-order valence-electron chi connectivity index (χ4n) is 2.62. The van der Waals surface area contributed by atoms with E-state index in [9.17, 15) is 4.79 Å². The number of fused-ring (bicyclic) bond motifs is 1. The van der Waals surface area contributed by atoms with Gasteiger partial charge in [-0.1, -0.05) is 18.2 Å². The van der Waals surface area contributed by atoms with Crippen LogP contribution in [0.1, 0.15) is 12.8 Å².